The molecule has 5 heteroatoms. The van der Waals surface area contributed by atoms with Crippen LogP contribution >= 0.6 is 0 Å². The molecule has 1 aromatic carbocycles. The highest BCUT2D eigenvalue weighted by Gasteiger charge is 2.11. The van der Waals surface area contributed by atoms with Crippen molar-refractivity contribution in [2.24, 2.45) is 0 Å². The third-order valence-corrected chi connectivity index (χ3v) is 3.11. The van der Waals surface area contributed by atoms with Gasteiger partial charge in [0, 0.05) is 6.54 Å². The summed E-state index contributed by atoms with van der Waals surface area (Å²) in [7, 11) is 0. The van der Waals surface area contributed by atoms with E-state index < -0.39 is 0 Å². The molecule has 5 nitrogen and oxygen atoms in total. The lowest BCUT2D eigenvalue weighted by Crippen LogP contribution is -2.15. The van der Waals surface area contributed by atoms with Crippen LogP contribution in [0.5, 0.6) is 11.5 Å². The van der Waals surface area contributed by atoms with Crippen molar-refractivity contribution >= 4 is 11.5 Å². The van der Waals surface area contributed by atoms with Crippen LogP contribution in [0.3, 0.4) is 0 Å². The molecule has 0 saturated heterocycles. The van der Waals surface area contributed by atoms with Crippen LogP contribution in [0.15, 0.2) is 36.5 Å². The number of rotatable bonds is 4. The molecule has 2 aromatic rings. The van der Waals surface area contributed by atoms with Gasteiger partial charge in [0.15, 0.2) is 11.5 Å². The number of anilines is 2. The third kappa shape index (κ3) is 2.93. The first-order chi connectivity index (χ1) is 9.81. The Morgan fingerprint density at radius 3 is 2.75 bits per heavy atom. The Balaban J connectivity index is 1.57. The summed E-state index contributed by atoms with van der Waals surface area (Å²) >= 11 is 0. The van der Waals surface area contributed by atoms with Gasteiger partial charge in [-0.3, -0.25) is 0 Å². The van der Waals surface area contributed by atoms with Crippen molar-refractivity contribution < 1.29 is 9.47 Å². The molecule has 0 bridgehead atoms. The molecular formula is C15H17N3O2. The van der Waals surface area contributed by atoms with Gasteiger partial charge < -0.3 is 20.5 Å². The van der Waals surface area contributed by atoms with Crippen LogP contribution < -0.4 is 20.5 Å². The Hall–Kier alpha value is -2.43. The van der Waals surface area contributed by atoms with Crippen LogP contribution in [-0.4, -0.2) is 24.7 Å². The fourth-order valence-corrected chi connectivity index (χ4v) is 2.09. The minimum Gasteiger partial charge on any atom is -0.486 e. The molecule has 1 aliphatic rings. The van der Waals surface area contributed by atoms with Crippen molar-refractivity contribution in [1.82, 2.24) is 4.98 Å². The number of benzene rings is 1. The van der Waals surface area contributed by atoms with Gasteiger partial charge in [-0.05, 0) is 36.2 Å². The van der Waals surface area contributed by atoms with Gasteiger partial charge >= 0.3 is 0 Å². The van der Waals surface area contributed by atoms with Gasteiger partial charge in [0.05, 0.1) is 11.9 Å². The Bertz CT molecular complexity index is 584. The van der Waals surface area contributed by atoms with Gasteiger partial charge in [0.2, 0.25) is 0 Å². The molecule has 0 fully saturated rings. The van der Waals surface area contributed by atoms with Gasteiger partial charge in [0.1, 0.15) is 19.0 Å². The topological polar surface area (TPSA) is 69.4 Å². The first-order valence-corrected chi connectivity index (χ1v) is 6.65. The van der Waals surface area contributed by atoms with E-state index in [1.165, 1.54) is 5.56 Å². The predicted octanol–water partition coefficient (Wildman–Crippen LogP) is 2.09. The van der Waals surface area contributed by atoms with Crippen molar-refractivity contribution in [2.45, 2.75) is 6.42 Å². The standard InChI is InChI=1S/C15H17N3O2/c16-12-2-4-15(18-10-12)17-6-5-11-1-3-13-14(9-11)20-8-7-19-13/h1-4,9-10H,5-8,16H2,(H,17,18). The fourth-order valence-electron chi connectivity index (χ4n) is 2.09. The lowest BCUT2D eigenvalue weighted by Gasteiger charge is -2.18. The Morgan fingerprint density at radius 1 is 1.10 bits per heavy atom. The highest BCUT2D eigenvalue weighted by molar-refractivity contribution is 5.45. The average molecular weight is 271 g/mol. The minimum absolute atomic E-state index is 0.615. The summed E-state index contributed by atoms with van der Waals surface area (Å²) in [5.74, 6) is 2.49. The molecule has 104 valence electrons. The highest BCUT2D eigenvalue weighted by atomic mass is 16.6. The zero-order valence-electron chi connectivity index (χ0n) is 11.1. The number of nitrogens with zero attached hydrogens (tertiary/aromatic N) is 1. The van der Waals surface area contributed by atoms with E-state index in [0.29, 0.717) is 18.9 Å². The maximum absolute atomic E-state index is 5.60. The smallest absolute Gasteiger partial charge is 0.161 e. The number of hydrogen-bond acceptors (Lipinski definition) is 5. The van der Waals surface area contributed by atoms with Gasteiger partial charge in [-0.25, -0.2) is 4.98 Å². The molecule has 0 amide bonds. The molecule has 0 spiro atoms. The second-order valence-corrected chi connectivity index (χ2v) is 4.63. The van der Waals surface area contributed by atoms with Gasteiger partial charge in [0.25, 0.3) is 0 Å². The van der Waals surface area contributed by atoms with Gasteiger partial charge in [-0.1, -0.05) is 6.07 Å². The second kappa shape index (κ2) is 5.69. The van der Waals surface area contributed by atoms with E-state index in [4.69, 9.17) is 15.2 Å². The second-order valence-electron chi connectivity index (χ2n) is 4.63. The predicted molar refractivity (Wildman–Crippen MR) is 78.3 cm³/mol. The van der Waals surface area contributed by atoms with Crippen molar-refractivity contribution in [3.05, 3.63) is 42.1 Å². The first kappa shape index (κ1) is 12.6. The lowest BCUT2D eigenvalue weighted by molar-refractivity contribution is 0.171. The number of nitrogens with one attached hydrogen (secondary N) is 1. The average Bonchev–Trinajstić information content (AvgIpc) is 2.49. The van der Waals surface area contributed by atoms with Crippen LogP contribution in [0.2, 0.25) is 0 Å². The summed E-state index contributed by atoms with van der Waals surface area (Å²) in [6.45, 7) is 2.04. The van der Waals surface area contributed by atoms with E-state index in [-0.39, 0.29) is 0 Å². The zero-order valence-corrected chi connectivity index (χ0v) is 11.1. The largest absolute Gasteiger partial charge is 0.486 e. The molecule has 0 aliphatic carbocycles. The van der Waals surface area contributed by atoms with Gasteiger partial charge in [-0.15, -0.1) is 0 Å². The maximum atomic E-state index is 5.60. The molecule has 0 saturated carbocycles. The fraction of sp³-hybridized carbons (Fsp3) is 0.267. The van der Waals surface area contributed by atoms with Crippen molar-refractivity contribution in [3.63, 3.8) is 0 Å². The summed E-state index contributed by atoms with van der Waals surface area (Å²) in [5.41, 5.74) is 7.47. The summed E-state index contributed by atoms with van der Waals surface area (Å²) in [6.07, 6.45) is 2.54. The number of nitrogen functional groups attached to an aromatic ring is 1. The molecule has 1 aliphatic heterocycles. The Morgan fingerprint density at radius 2 is 1.95 bits per heavy atom. The quantitative estimate of drug-likeness (QED) is 0.891. The third-order valence-electron chi connectivity index (χ3n) is 3.11. The summed E-state index contributed by atoms with van der Waals surface area (Å²) < 4.78 is 11.1. The van der Waals surface area contributed by atoms with Crippen molar-refractivity contribution in [1.29, 1.82) is 0 Å². The zero-order chi connectivity index (χ0) is 13.8. The van der Waals surface area contributed by atoms with E-state index in [9.17, 15) is 0 Å². The summed E-state index contributed by atoms with van der Waals surface area (Å²) in [4.78, 5) is 4.20. The first-order valence-electron chi connectivity index (χ1n) is 6.65. The minimum atomic E-state index is 0.615. The highest BCUT2D eigenvalue weighted by Crippen LogP contribution is 2.30. The van der Waals surface area contributed by atoms with Crippen LogP contribution in [0.4, 0.5) is 11.5 Å². The van der Waals surface area contributed by atoms with E-state index in [1.807, 2.05) is 24.3 Å². The normalized spacial score (nSPS) is 13.0. The molecule has 0 unspecified atom stereocenters. The SMILES string of the molecule is Nc1ccc(NCCc2ccc3c(c2)OCCO3)nc1. The van der Waals surface area contributed by atoms with E-state index >= 15 is 0 Å². The molecule has 20 heavy (non-hydrogen) atoms. The molecule has 0 radical (unpaired) electrons. The molecule has 3 N–H and O–H groups in total. The molecular weight excluding hydrogens is 254 g/mol. The van der Waals surface area contributed by atoms with Crippen LogP contribution in [0, 0.1) is 0 Å². The number of ether oxygens (including phenoxy) is 2. The Kier molecular flexibility index (Phi) is 3.58. The van der Waals surface area contributed by atoms with Crippen molar-refractivity contribution in [2.75, 3.05) is 30.8 Å². The molecule has 2 heterocycles. The lowest BCUT2D eigenvalue weighted by atomic mass is 10.1. The number of aromatic nitrogens is 1. The van der Waals surface area contributed by atoms with Crippen molar-refractivity contribution in [3.8, 4) is 11.5 Å². The monoisotopic (exact) mass is 271 g/mol. The molecule has 3 rings (SSSR count). The van der Waals surface area contributed by atoms with Gasteiger partial charge in [-0.2, -0.15) is 0 Å². The summed E-state index contributed by atoms with van der Waals surface area (Å²) in [5, 5.41) is 3.26. The number of nitrogens with two attached hydrogens (primary N) is 1. The van der Waals surface area contributed by atoms with Crippen LogP contribution in [0.1, 0.15) is 5.56 Å². The van der Waals surface area contributed by atoms with Crippen LogP contribution in [-0.2, 0) is 6.42 Å². The number of pyridine rings is 1. The number of fused-ring (bicyclic) bond motifs is 1. The molecule has 1 aromatic heterocycles. The molecule has 0 atom stereocenters. The van der Waals surface area contributed by atoms with E-state index in [2.05, 4.69) is 16.4 Å². The number of hydrogen-bond donors (Lipinski definition) is 2. The van der Waals surface area contributed by atoms with Crippen LogP contribution in [0.25, 0.3) is 0 Å². The maximum Gasteiger partial charge on any atom is 0.161 e. The van der Waals surface area contributed by atoms with E-state index in [1.54, 1.807) is 6.20 Å². The Labute approximate surface area is 117 Å². The van der Waals surface area contributed by atoms with E-state index in [0.717, 1.165) is 30.3 Å². The summed E-state index contributed by atoms with van der Waals surface area (Å²) in [6, 6.07) is 9.77.